The Hall–Kier alpha value is -1.64. The van der Waals surface area contributed by atoms with Crippen LogP contribution in [0.1, 0.15) is 63.6 Å². The van der Waals surface area contributed by atoms with Crippen LogP contribution in [0.15, 0.2) is 24.3 Å². The van der Waals surface area contributed by atoms with Crippen molar-refractivity contribution < 1.29 is 0 Å². The molecule has 0 N–H and O–H groups in total. The molecule has 2 atom stereocenters. The second-order valence-electron chi connectivity index (χ2n) is 8.45. The summed E-state index contributed by atoms with van der Waals surface area (Å²) in [6, 6.07) is 8.40. The quantitative estimate of drug-likeness (QED) is 0.731. The first-order chi connectivity index (χ1) is 12.2. The maximum Gasteiger partial charge on any atom is 0.139 e. The van der Waals surface area contributed by atoms with E-state index >= 15 is 0 Å². The molecule has 0 bridgehead atoms. The minimum atomic E-state index is 0.590. The second-order valence-corrected chi connectivity index (χ2v) is 8.45. The first-order valence-electron chi connectivity index (χ1n) is 10.1. The molecule has 25 heavy (non-hydrogen) atoms. The lowest BCUT2D eigenvalue weighted by atomic mass is 9.78. The third-order valence-electron chi connectivity index (χ3n) is 6.46. The molecule has 3 heteroatoms. The predicted molar refractivity (Wildman–Crippen MR) is 105 cm³/mol. The van der Waals surface area contributed by atoms with Gasteiger partial charge in [0.2, 0.25) is 0 Å². The second kappa shape index (κ2) is 6.93. The summed E-state index contributed by atoms with van der Waals surface area (Å²) in [5, 5.41) is 1.16. The van der Waals surface area contributed by atoms with E-state index in [4.69, 9.17) is 9.97 Å². The first kappa shape index (κ1) is 16.8. The molecule has 2 unspecified atom stereocenters. The Morgan fingerprint density at radius 1 is 1.00 bits per heavy atom. The van der Waals surface area contributed by atoms with Crippen molar-refractivity contribution in [2.24, 2.45) is 17.8 Å². The highest BCUT2D eigenvalue weighted by Gasteiger charge is 2.42. The standard InChI is InChI=1S/C22H31N3/c1-4-15-9-11-16(12-10-15)13-17-14-19(17)21-23-20-8-6-5-7-18(20)22(24-21)25(2)3/h5-8,15-17,19H,4,9-14H2,1-3H3. The van der Waals surface area contributed by atoms with E-state index in [0.717, 1.165) is 40.3 Å². The molecule has 1 aromatic carbocycles. The van der Waals surface area contributed by atoms with Gasteiger partial charge in [-0.05, 0) is 42.7 Å². The van der Waals surface area contributed by atoms with Crippen molar-refractivity contribution in [3.8, 4) is 0 Å². The molecule has 134 valence electrons. The highest BCUT2D eigenvalue weighted by Crippen LogP contribution is 2.52. The minimum Gasteiger partial charge on any atom is -0.362 e. The predicted octanol–water partition coefficient (Wildman–Crippen LogP) is 5.41. The number of aromatic nitrogens is 2. The van der Waals surface area contributed by atoms with Gasteiger partial charge >= 0.3 is 0 Å². The third kappa shape index (κ3) is 3.51. The monoisotopic (exact) mass is 337 g/mol. The Bertz CT molecular complexity index is 731. The summed E-state index contributed by atoms with van der Waals surface area (Å²) < 4.78 is 0. The highest BCUT2D eigenvalue weighted by molar-refractivity contribution is 5.89. The molecule has 1 heterocycles. The lowest BCUT2D eigenvalue weighted by molar-refractivity contribution is 0.250. The number of para-hydroxylation sites is 1. The Balaban J connectivity index is 1.47. The number of benzene rings is 1. The Morgan fingerprint density at radius 2 is 1.72 bits per heavy atom. The molecule has 2 saturated carbocycles. The highest BCUT2D eigenvalue weighted by atomic mass is 15.2. The van der Waals surface area contributed by atoms with Crippen LogP contribution >= 0.6 is 0 Å². The number of nitrogens with zero attached hydrogens (tertiary/aromatic N) is 3. The fourth-order valence-electron chi connectivity index (χ4n) is 4.71. The van der Waals surface area contributed by atoms with Crippen molar-refractivity contribution in [2.75, 3.05) is 19.0 Å². The molecule has 0 aliphatic heterocycles. The van der Waals surface area contributed by atoms with Gasteiger partial charge in [0.05, 0.1) is 5.52 Å². The molecule has 1 aromatic heterocycles. The molecule has 0 spiro atoms. The fraction of sp³-hybridized carbons (Fsp3) is 0.636. The van der Waals surface area contributed by atoms with Gasteiger partial charge in [0.25, 0.3) is 0 Å². The molecular formula is C22H31N3. The van der Waals surface area contributed by atoms with Crippen LogP contribution in [-0.2, 0) is 0 Å². The van der Waals surface area contributed by atoms with Crippen LogP contribution in [0, 0.1) is 17.8 Å². The summed E-state index contributed by atoms with van der Waals surface area (Å²) in [4.78, 5) is 12.0. The van der Waals surface area contributed by atoms with Gasteiger partial charge in [0, 0.05) is 25.4 Å². The van der Waals surface area contributed by atoms with Gasteiger partial charge in [-0.1, -0.05) is 51.2 Å². The van der Waals surface area contributed by atoms with E-state index in [1.807, 2.05) is 0 Å². The first-order valence-corrected chi connectivity index (χ1v) is 10.1. The number of hydrogen-bond acceptors (Lipinski definition) is 3. The molecule has 2 fully saturated rings. The van der Waals surface area contributed by atoms with Crippen molar-refractivity contribution in [2.45, 2.75) is 57.8 Å². The van der Waals surface area contributed by atoms with E-state index in [2.05, 4.69) is 50.2 Å². The molecule has 2 aliphatic rings. The average molecular weight is 338 g/mol. The normalized spacial score (nSPS) is 28.9. The Kier molecular flexibility index (Phi) is 4.66. The van der Waals surface area contributed by atoms with Gasteiger partial charge in [0.1, 0.15) is 11.6 Å². The largest absolute Gasteiger partial charge is 0.362 e. The van der Waals surface area contributed by atoms with Gasteiger partial charge in [-0.3, -0.25) is 0 Å². The molecular weight excluding hydrogens is 306 g/mol. The SMILES string of the molecule is CCC1CCC(CC2CC2c2nc(N(C)C)c3ccccc3n2)CC1. The fourth-order valence-corrected chi connectivity index (χ4v) is 4.71. The maximum atomic E-state index is 4.95. The molecule has 3 nitrogen and oxygen atoms in total. The van der Waals surface area contributed by atoms with Crippen LogP contribution in [0.4, 0.5) is 5.82 Å². The summed E-state index contributed by atoms with van der Waals surface area (Å²) >= 11 is 0. The number of hydrogen-bond donors (Lipinski definition) is 0. The topological polar surface area (TPSA) is 29.0 Å². The van der Waals surface area contributed by atoms with Crippen molar-refractivity contribution >= 4 is 16.7 Å². The van der Waals surface area contributed by atoms with Crippen LogP contribution < -0.4 is 4.90 Å². The van der Waals surface area contributed by atoms with E-state index in [0.29, 0.717) is 5.92 Å². The lowest BCUT2D eigenvalue weighted by Crippen LogP contribution is -2.15. The molecule has 0 amide bonds. The number of anilines is 1. The third-order valence-corrected chi connectivity index (χ3v) is 6.46. The summed E-state index contributed by atoms with van der Waals surface area (Å²) in [6.07, 6.45) is 9.86. The molecule has 4 rings (SSSR count). The van der Waals surface area contributed by atoms with E-state index in [1.54, 1.807) is 0 Å². The van der Waals surface area contributed by atoms with Crippen LogP contribution in [0.3, 0.4) is 0 Å². The maximum absolute atomic E-state index is 4.95. The van der Waals surface area contributed by atoms with Crippen LogP contribution in [0.2, 0.25) is 0 Å². The zero-order chi connectivity index (χ0) is 17.4. The van der Waals surface area contributed by atoms with Gasteiger partial charge in [-0.25, -0.2) is 9.97 Å². The summed E-state index contributed by atoms with van der Waals surface area (Å²) in [6.45, 7) is 2.35. The Morgan fingerprint density at radius 3 is 2.44 bits per heavy atom. The van der Waals surface area contributed by atoms with E-state index < -0.39 is 0 Å². The number of fused-ring (bicyclic) bond motifs is 1. The zero-order valence-electron chi connectivity index (χ0n) is 15.9. The lowest BCUT2D eigenvalue weighted by Gasteiger charge is -2.27. The smallest absolute Gasteiger partial charge is 0.139 e. The summed E-state index contributed by atoms with van der Waals surface area (Å²) in [5.41, 5.74) is 1.09. The molecule has 2 aromatic rings. The van der Waals surface area contributed by atoms with E-state index in [1.165, 1.54) is 44.9 Å². The minimum absolute atomic E-state index is 0.590. The molecule has 0 radical (unpaired) electrons. The van der Waals surface area contributed by atoms with E-state index in [-0.39, 0.29) is 0 Å². The van der Waals surface area contributed by atoms with Gasteiger partial charge in [-0.2, -0.15) is 0 Å². The van der Waals surface area contributed by atoms with Gasteiger partial charge in [0.15, 0.2) is 0 Å². The number of rotatable bonds is 5. The van der Waals surface area contributed by atoms with Crippen molar-refractivity contribution in [1.29, 1.82) is 0 Å². The molecule has 2 aliphatic carbocycles. The van der Waals surface area contributed by atoms with Gasteiger partial charge in [-0.15, -0.1) is 0 Å². The average Bonchev–Trinajstić information content (AvgIpc) is 3.40. The van der Waals surface area contributed by atoms with Crippen molar-refractivity contribution in [1.82, 2.24) is 9.97 Å². The zero-order valence-corrected chi connectivity index (χ0v) is 15.9. The molecule has 0 saturated heterocycles. The Labute approximate surface area is 151 Å². The van der Waals surface area contributed by atoms with Crippen LogP contribution in [0.25, 0.3) is 10.9 Å². The van der Waals surface area contributed by atoms with Crippen molar-refractivity contribution in [3.05, 3.63) is 30.1 Å². The van der Waals surface area contributed by atoms with Crippen LogP contribution in [-0.4, -0.2) is 24.1 Å². The van der Waals surface area contributed by atoms with E-state index in [9.17, 15) is 0 Å². The van der Waals surface area contributed by atoms with Crippen LogP contribution in [0.5, 0.6) is 0 Å². The van der Waals surface area contributed by atoms with Crippen molar-refractivity contribution in [3.63, 3.8) is 0 Å². The summed E-state index contributed by atoms with van der Waals surface area (Å²) in [5.74, 6) is 5.50. The van der Waals surface area contributed by atoms with Gasteiger partial charge < -0.3 is 4.90 Å². The summed E-state index contributed by atoms with van der Waals surface area (Å²) in [7, 11) is 4.16.